The number of nitrogens with one attached hydrogen (secondary N) is 1. The molecular weight excluding hydrogens is 192 g/mol. The van der Waals surface area contributed by atoms with Crippen molar-refractivity contribution in [2.75, 3.05) is 11.9 Å². The van der Waals surface area contributed by atoms with Gasteiger partial charge in [0.15, 0.2) is 0 Å². The summed E-state index contributed by atoms with van der Waals surface area (Å²) in [5, 5.41) is 2.88. The number of carbonyl (C=O) groups excluding carboxylic acids is 1. The standard InChI is InChI=1S/C7H9ClN4O/c1-4-2-11-7(8)12-6(4)10-3-5(9)13/h2H,3H2,1H3,(H2,9,13)(H,10,11,12). The maximum atomic E-state index is 10.5. The predicted octanol–water partition coefficient (Wildman–Crippen LogP) is 0.336. The number of nitrogens with zero attached hydrogens (tertiary/aromatic N) is 2. The molecule has 1 rings (SSSR count). The van der Waals surface area contributed by atoms with Crippen molar-refractivity contribution in [1.82, 2.24) is 9.97 Å². The third kappa shape index (κ3) is 2.87. The maximum Gasteiger partial charge on any atom is 0.236 e. The molecule has 0 spiro atoms. The van der Waals surface area contributed by atoms with Crippen LogP contribution < -0.4 is 11.1 Å². The number of anilines is 1. The summed E-state index contributed by atoms with van der Waals surface area (Å²) < 4.78 is 0. The van der Waals surface area contributed by atoms with E-state index in [4.69, 9.17) is 17.3 Å². The lowest BCUT2D eigenvalue weighted by Crippen LogP contribution is -2.22. The molecule has 1 heterocycles. The number of aryl methyl sites for hydroxylation is 1. The molecule has 0 unspecified atom stereocenters. The molecule has 1 amide bonds. The van der Waals surface area contributed by atoms with Crippen molar-refractivity contribution >= 4 is 23.3 Å². The molecule has 1 aromatic rings. The van der Waals surface area contributed by atoms with Gasteiger partial charge in [-0.05, 0) is 18.5 Å². The van der Waals surface area contributed by atoms with Crippen LogP contribution in [0.2, 0.25) is 5.28 Å². The second kappa shape index (κ2) is 4.04. The van der Waals surface area contributed by atoms with Gasteiger partial charge in [-0.15, -0.1) is 0 Å². The number of primary amides is 1. The quantitative estimate of drug-likeness (QED) is 0.690. The highest BCUT2D eigenvalue weighted by atomic mass is 35.5. The summed E-state index contributed by atoms with van der Waals surface area (Å²) in [7, 11) is 0. The van der Waals surface area contributed by atoms with Crippen LogP contribution in [0.15, 0.2) is 6.20 Å². The number of carbonyl (C=O) groups is 1. The van der Waals surface area contributed by atoms with Crippen LogP contribution in [0.1, 0.15) is 5.56 Å². The van der Waals surface area contributed by atoms with Gasteiger partial charge in [0.2, 0.25) is 11.2 Å². The van der Waals surface area contributed by atoms with Crippen molar-refractivity contribution in [2.45, 2.75) is 6.92 Å². The SMILES string of the molecule is Cc1cnc(Cl)nc1NCC(N)=O. The highest BCUT2D eigenvalue weighted by molar-refractivity contribution is 6.28. The van der Waals surface area contributed by atoms with Crippen molar-refractivity contribution in [3.05, 3.63) is 17.0 Å². The van der Waals surface area contributed by atoms with Crippen LogP contribution in [0.25, 0.3) is 0 Å². The van der Waals surface area contributed by atoms with Gasteiger partial charge in [0.1, 0.15) is 5.82 Å². The highest BCUT2D eigenvalue weighted by Crippen LogP contribution is 2.11. The zero-order valence-electron chi connectivity index (χ0n) is 7.04. The molecule has 5 nitrogen and oxygen atoms in total. The monoisotopic (exact) mass is 200 g/mol. The molecule has 0 aliphatic carbocycles. The minimum atomic E-state index is -0.450. The zero-order chi connectivity index (χ0) is 9.84. The molecule has 70 valence electrons. The van der Waals surface area contributed by atoms with Crippen molar-refractivity contribution in [2.24, 2.45) is 5.73 Å². The summed E-state index contributed by atoms with van der Waals surface area (Å²) in [4.78, 5) is 18.1. The Kier molecular flexibility index (Phi) is 3.02. The van der Waals surface area contributed by atoms with Crippen molar-refractivity contribution in [3.8, 4) is 0 Å². The molecular formula is C7H9ClN4O. The number of hydrogen-bond acceptors (Lipinski definition) is 4. The van der Waals surface area contributed by atoms with Crippen molar-refractivity contribution in [1.29, 1.82) is 0 Å². The lowest BCUT2D eigenvalue weighted by atomic mass is 10.3. The first-order chi connectivity index (χ1) is 6.09. The van der Waals surface area contributed by atoms with Crippen LogP contribution in [0.4, 0.5) is 5.82 Å². The number of nitrogens with two attached hydrogens (primary N) is 1. The minimum absolute atomic E-state index is 0.0359. The summed E-state index contributed by atoms with van der Waals surface area (Å²) in [5.41, 5.74) is 5.76. The van der Waals surface area contributed by atoms with E-state index in [9.17, 15) is 4.79 Å². The van der Waals surface area contributed by atoms with E-state index in [1.54, 1.807) is 13.1 Å². The Morgan fingerprint density at radius 1 is 1.77 bits per heavy atom. The molecule has 1 aromatic heterocycles. The van der Waals surface area contributed by atoms with Crippen LogP contribution in [-0.2, 0) is 4.79 Å². The average Bonchev–Trinajstić information content (AvgIpc) is 2.06. The molecule has 3 N–H and O–H groups in total. The Hall–Kier alpha value is -1.36. The summed E-state index contributed by atoms with van der Waals surface area (Å²) >= 11 is 5.55. The summed E-state index contributed by atoms with van der Waals surface area (Å²) in [6, 6.07) is 0. The first-order valence-corrected chi connectivity index (χ1v) is 3.98. The summed E-state index contributed by atoms with van der Waals surface area (Å²) in [5.74, 6) is 0.0768. The van der Waals surface area contributed by atoms with Crippen molar-refractivity contribution < 1.29 is 4.79 Å². The normalized spacial score (nSPS) is 9.69. The van der Waals surface area contributed by atoms with Gasteiger partial charge in [0.25, 0.3) is 0 Å². The Labute approximate surface area is 80.3 Å². The van der Waals surface area contributed by atoms with E-state index in [-0.39, 0.29) is 11.8 Å². The van der Waals surface area contributed by atoms with Crippen LogP contribution in [0.5, 0.6) is 0 Å². The topological polar surface area (TPSA) is 80.9 Å². The van der Waals surface area contributed by atoms with Gasteiger partial charge in [-0.2, -0.15) is 0 Å². The Balaban J connectivity index is 2.75. The minimum Gasteiger partial charge on any atom is -0.368 e. The van der Waals surface area contributed by atoms with Crippen LogP contribution in [0, 0.1) is 6.92 Å². The third-order valence-corrected chi connectivity index (χ3v) is 1.55. The van der Waals surface area contributed by atoms with Crippen LogP contribution in [-0.4, -0.2) is 22.4 Å². The molecule has 0 saturated heterocycles. The Morgan fingerprint density at radius 2 is 2.46 bits per heavy atom. The number of amides is 1. The predicted molar refractivity (Wildman–Crippen MR) is 49.5 cm³/mol. The van der Waals surface area contributed by atoms with E-state index < -0.39 is 5.91 Å². The third-order valence-electron chi connectivity index (χ3n) is 1.37. The Bertz CT molecular complexity index is 328. The maximum absolute atomic E-state index is 10.5. The zero-order valence-corrected chi connectivity index (χ0v) is 7.80. The first-order valence-electron chi connectivity index (χ1n) is 3.61. The second-order valence-corrected chi connectivity index (χ2v) is 2.83. The van der Waals surface area contributed by atoms with E-state index in [0.29, 0.717) is 5.82 Å². The number of rotatable bonds is 3. The lowest BCUT2D eigenvalue weighted by molar-refractivity contribution is -0.116. The molecule has 0 fully saturated rings. The molecule has 0 atom stereocenters. The molecule has 0 aliphatic rings. The van der Waals surface area contributed by atoms with E-state index in [0.717, 1.165) is 5.56 Å². The van der Waals surface area contributed by atoms with E-state index in [1.165, 1.54) is 0 Å². The van der Waals surface area contributed by atoms with Gasteiger partial charge in [0.05, 0.1) is 6.54 Å². The number of hydrogen-bond donors (Lipinski definition) is 2. The van der Waals surface area contributed by atoms with E-state index in [2.05, 4.69) is 15.3 Å². The first kappa shape index (κ1) is 9.73. The van der Waals surface area contributed by atoms with Gasteiger partial charge in [-0.25, -0.2) is 9.97 Å². The fourth-order valence-corrected chi connectivity index (χ4v) is 0.904. The molecule has 0 aliphatic heterocycles. The molecule has 13 heavy (non-hydrogen) atoms. The number of halogens is 1. The van der Waals surface area contributed by atoms with Gasteiger partial charge >= 0.3 is 0 Å². The van der Waals surface area contributed by atoms with Crippen molar-refractivity contribution in [3.63, 3.8) is 0 Å². The number of aromatic nitrogens is 2. The van der Waals surface area contributed by atoms with Crippen LogP contribution >= 0.6 is 11.6 Å². The van der Waals surface area contributed by atoms with Gasteiger partial charge < -0.3 is 11.1 Å². The van der Waals surface area contributed by atoms with Gasteiger partial charge in [-0.3, -0.25) is 4.79 Å². The van der Waals surface area contributed by atoms with Gasteiger partial charge in [-0.1, -0.05) is 0 Å². The lowest BCUT2D eigenvalue weighted by Gasteiger charge is -2.05. The highest BCUT2D eigenvalue weighted by Gasteiger charge is 2.02. The second-order valence-electron chi connectivity index (χ2n) is 2.49. The van der Waals surface area contributed by atoms with E-state index in [1.807, 2.05) is 0 Å². The van der Waals surface area contributed by atoms with Gasteiger partial charge in [0, 0.05) is 11.8 Å². The van der Waals surface area contributed by atoms with E-state index >= 15 is 0 Å². The van der Waals surface area contributed by atoms with Crippen LogP contribution in [0.3, 0.4) is 0 Å². The fourth-order valence-electron chi connectivity index (χ4n) is 0.770. The average molecular weight is 201 g/mol. The molecule has 0 saturated carbocycles. The summed E-state index contributed by atoms with van der Waals surface area (Å²) in [6.45, 7) is 1.84. The smallest absolute Gasteiger partial charge is 0.236 e. The summed E-state index contributed by atoms with van der Waals surface area (Å²) in [6.07, 6.45) is 1.57. The Morgan fingerprint density at radius 3 is 3.08 bits per heavy atom. The molecule has 0 aromatic carbocycles. The molecule has 0 radical (unpaired) electrons. The molecule has 0 bridgehead atoms. The largest absolute Gasteiger partial charge is 0.368 e. The fraction of sp³-hybridized carbons (Fsp3) is 0.286. The molecule has 6 heteroatoms.